The molecule has 1 rings (SSSR count). The lowest BCUT2D eigenvalue weighted by Crippen LogP contribution is -2.15. The fourth-order valence-electron chi connectivity index (χ4n) is 2.15. The zero-order valence-corrected chi connectivity index (χ0v) is 12.7. The van der Waals surface area contributed by atoms with Gasteiger partial charge in [-0.15, -0.1) is 0 Å². The molecule has 0 radical (unpaired) electrons. The molecular formula is C17H27NO. The minimum atomic E-state index is 0.205. The third-order valence-corrected chi connectivity index (χ3v) is 3.36. The number of ketones is 1. The largest absolute Gasteiger partial charge is 0.383 e. The SMILES string of the molecule is CCC(=O)c1ccc(NC(C)CCCC(C)C)cc1. The molecule has 0 aromatic heterocycles. The van der Waals surface area contributed by atoms with Gasteiger partial charge in [-0.3, -0.25) is 4.79 Å². The van der Waals surface area contributed by atoms with Crippen molar-refractivity contribution in [3.8, 4) is 0 Å². The van der Waals surface area contributed by atoms with E-state index in [1.807, 2.05) is 31.2 Å². The number of anilines is 1. The molecule has 0 saturated heterocycles. The van der Waals surface area contributed by atoms with Crippen molar-refractivity contribution in [2.24, 2.45) is 5.92 Å². The molecule has 0 saturated carbocycles. The minimum Gasteiger partial charge on any atom is -0.383 e. The summed E-state index contributed by atoms with van der Waals surface area (Å²) in [5.41, 5.74) is 1.91. The zero-order valence-electron chi connectivity index (χ0n) is 12.7. The molecule has 0 aliphatic rings. The summed E-state index contributed by atoms with van der Waals surface area (Å²) in [6.45, 7) is 8.64. The third kappa shape index (κ3) is 5.91. The van der Waals surface area contributed by atoms with Gasteiger partial charge < -0.3 is 5.32 Å². The maximum atomic E-state index is 11.5. The minimum absolute atomic E-state index is 0.205. The molecule has 19 heavy (non-hydrogen) atoms. The van der Waals surface area contributed by atoms with Gasteiger partial charge in [0.2, 0.25) is 0 Å². The Labute approximate surface area is 117 Å². The highest BCUT2D eigenvalue weighted by Gasteiger charge is 2.05. The lowest BCUT2D eigenvalue weighted by molar-refractivity contribution is 0.0988. The summed E-state index contributed by atoms with van der Waals surface area (Å²) in [6.07, 6.45) is 4.31. The topological polar surface area (TPSA) is 29.1 Å². The Morgan fingerprint density at radius 2 is 1.74 bits per heavy atom. The van der Waals surface area contributed by atoms with Crippen LogP contribution in [0.5, 0.6) is 0 Å². The van der Waals surface area contributed by atoms with Crippen LogP contribution < -0.4 is 5.32 Å². The van der Waals surface area contributed by atoms with E-state index in [-0.39, 0.29) is 5.78 Å². The molecule has 1 N–H and O–H groups in total. The molecule has 2 heteroatoms. The Morgan fingerprint density at radius 1 is 1.11 bits per heavy atom. The first-order valence-electron chi connectivity index (χ1n) is 7.42. The van der Waals surface area contributed by atoms with Crippen molar-refractivity contribution in [3.05, 3.63) is 29.8 Å². The highest BCUT2D eigenvalue weighted by Crippen LogP contribution is 2.15. The zero-order chi connectivity index (χ0) is 14.3. The standard InChI is InChI=1S/C17H27NO/c1-5-17(19)15-9-11-16(12-10-15)18-14(4)8-6-7-13(2)3/h9-14,18H,5-8H2,1-4H3. The second kappa shape index (κ2) is 7.98. The summed E-state index contributed by atoms with van der Waals surface area (Å²) in [5.74, 6) is 0.989. The van der Waals surface area contributed by atoms with E-state index >= 15 is 0 Å². The Morgan fingerprint density at radius 3 is 2.26 bits per heavy atom. The molecule has 1 aromatic carbocycles. The molecule has 0 aliphatic carbocycles. The van der Waals surface area contributed by atoms with Crippen molar-refractivity contribution in [2.75, 3.05) is 5.32 Å². The van der Waals surface area contributed by atoms with Gasteiger partial charge >= 0.3 is 0 Å². The number of carbonyl (C=O) groups excluding carboxylic acids is 1. The average Bonchev–Trinajstić information content (AvgIpc) is 2.38. The van der Waals surface area contributed by atoms with E-state index in [0.717, 1.165) is 17.2 Å². The first-order chi connectivity index (χ1) is 9.02. The summed E-state index contributed by atoms with van der Waals surface area (Å²) in [6, 6.07) is 8.31. The number of carbonyl (C=O) groups is 1. The molecule has 1 aromatic rings. The quantitative estimate of drug-likeness (QED) is 0.674. The van der Waals surface area contributed by atoms with Gasteiger partial charge in [-0.2, -0.15) is 0 Å². The summed E-state index contributed by atoms with van der Waals surface area (Å²) >= 11 is 0. The van der Waals surface area contributed by atoms with Gasteiger partial charge in [-0.05, 0) is 43.5 Å². The van der Waals surface area contributed by atoms with Crippen LogP contribution >= 0.6 is 0 Å². The van der Waals surface area contributed by atoms with E-state index in [2.05, 4.69) is 26.1 Å². The molecular weight excluding hydrogens is 234 g/mol. The van der Waals surface area contributed by atoms with Crippen LogP contribution in [-0.2, 0) is 0 Å². The fraction of sp³-hybridized carbons (Fsp3) is 0.588. The number of benzene rings is 1. The predicted molar refractivity (Wildman–Crippen MR) is 82.8 cm³/mol. The van der Waals surface area contributed by atoms with Gasteiger partial charge in [-0.1, -0.05) is 33.6 Å². The molecule has 106 valence electrons. The van der Waals surface area contributed by atoms with Crippen LogP contribution in [0.3, 0.4) is 0 Å². The molecule has 1 atom stereocenters. The van der Waals surface area contributed by atoms with E-state index in [4.69, 9.17) is 0 Å². The normalized spacial score (nSPS) is 12.5. The second-order valence-electron chi connectivity index (χ2n) is 5.72. The summed E-state index contributed by atoms with van der Waals surface area (Å²) in [7, 11) is 0. The number of hydrogen-bond donors (Lipinski definition) is 1. The van der Waals surface area contributed by atoms with Gasteiger partial charge in [0, 0.05) is 23.7 Å². The van der Waals surface area contributed by atoms with Crippen LogP contribution in [0.1, 0.15) is 63.7 Å². The maximum Gasteiger partial charge on any atom is 0.162 e. The lowest BCUT2D eigenvalue weighted by Gasteiger charge is -2.16. The van der Waals surface area contributed by atoms with Crippen molar-refractivity contribution in [2.45, 2.75) is 59.4 Å². The fourth-order valence-corrected chi connectivity index (χ4v) is 2.15. The number of hydrogen-bond acceptors (Lipinski definition) is 2. The maximum absolute atomic E-state index is 11.5. The highest BCUT2D eigenvalue weighted by atomic mass is 16.1. The van der Waals surface area contributed by atoms with Crippen LogP contribution in [0.15, 0.2) is 24.3 Å². The van der Waals surface area contributed by atoms with Crippen molar-refractivity contribution in [3.63, 3.8) is 0 Å². The summed E-state index contributed by atoms with van der Waals surface area (Å²) in [4.78, 5) is 11.5. The summed E-state index contributed by atoms with van der Waals surface area (Å²) in [5, 5.41) is 3.49. The molecule has 0 amide bonds. The van der Waals surface area contributed by atoms with Gasteiger partial charge in [0.1, 0.15) is 0 Å². The van der Waals surface area contributed by atoms with Crippen LogP contribution in [-0.4, -0.2) is 11.8 Å². The van der Waals surface area contributed by atoms with Crippen molar-refractivity contribution in [1.29, 1.82) is 0 Å². The average molecular weight is 261 g/mol. The molecule has 0 fully saturated rings. The van der Waals surface area contributed by atoms with Crippen LogP contribution in [0, 0.1) is 5.92 Å². The Bertz CT molecular complexity index is 381. The molecule has 0 bridgehead atoms. The third-order valence-electron chi connectivity index (χ3n) is 3.36. The Balaban J connectivity index is 2.42. The summed E-state index contributed by atoms with van der Waals surface area (Å²) < 4.78 is 0. The van der Waals surface area contributed by atoms with Crippen molar-refractivity contribution < 1.29 is 4.79 Å². The number of rotatable bonds is 8. The first-order valence-corrected chi connectivity index (χ1v) is 7.42. The Kier molecular flexibility index (Phi) is 6.61. The number of Topliss-reactive ketones (excluding diaryl/α,β-unsaturated/α-hetero) is 1. The van der Waals surface area contributed by atoms with Crippen LogP contribution in [0.2, 0.25) is 0 Å². The van der Waals surface area contributed by atoms with Gasteiger partial charge in [0.05, 0.1) is 0 Å². The lowest BCUT2D eigenvalue weighted by atomic mass is 10.0. The molecule has 0 aliphatic heterocycles. The second-order valence-corrected chi connectivity index (χ2v) is 5.72. The van der Waals surface area contributed by atoms with E-state index < -0.39 is 0 Å². The van der Waals surface area contributed by atoms with Gasteiger partial charge in [0.15, 0.2) is 5.78 Å². The van der Waals surface area contributed by atoms with Gasteiger partial charge in [-0.25, -0.2) is 0 Å². The highest BCUT2D eigenvalue weighted by molar-refractivity contribution is 5.96. The van der Waals surface area contributed by atoms with Gasteiger partial charge in [0.25, 0.3) is 0 Å². The predicted octanol–water partition coefficient (Wildman–Crippen LogP) is 4.91. The van der Waals surface area contributed by atoms with E-state index in [1.54, 1.807) is 0 Å². The molecule has 0 spiro atoms. The smallest absolute Gasteiger partial charge is 0.162 e. The van der Waals surface area contributed by atoms with Crippen molar-refractivity contribution >= 4 is 11.5 Å². The monoisotopic (exact) mass is 261 g/mol. The van der Waals surface area contributed by atoms with E-state index in [9.17, 15) is 4.79 Å². The molecule has 0 heterocycles. The van der Waals surface area contributed by atoms with Crippen LogP contribution in [0.25, 0.3) is 0 Å². The first kappa shape index (κ1) is 15.7. The van der Waals surface area contributed by atoms with Crippen molar-refractivity contribution in [1.82, 2.24) is 0 Å². The van der Waals surface area contributed by atoms with E-state index in [0.29, 0.717) is 12.5 Å². The molecule has 1 unspecified atom stereocenters. The van der Waals surface area contributed by atoms with Crippen LogP contribution in [0.4, 0.5) is 5.69 Å². The van der Waals surface area contributed by atoms with E-state index in [1.165, 1.54) is 19.3 Å². The molecule has 2 nitrogen and oxygen atoms in total. The number of nitrogens with one attached hydrogen (secondary N) is 1. The Hall–Kier alpha value is -1.31.